The Morgan fingerprint density at radius 3 is 1.16 bits per heavy atom. The van der Waals surface area contributed by atoms with Crippen LogP contribution in [0.25, 0.3) is 47.7 Å². The molecule has 0 saturated heterocycles. The summed E-state index contributed by atoms with van der Waals surface area (Å²) in [6.45, 7) is 73.7. The molecule has 121 heavy (non-hydrogen) atoms. The van der Waals surface area contributed by atoms with E-state index in [0.29, 0.717) is 101 Å². The third-order valence-corrected chi connectivity index (χ3v) is 25.1. The van der Waals surface area contributed by atoms with Crippen LogP contribution in [-0.4, -0.2) is 80.7 Å². The van der Waals surface area contributed by atoms with E-state index in [4.69, 9.17) is 23.4 Å². The number of allylic oxidation sites excluding steroid dienone is 1. The van der Waals surface area contributed by atoms with Crippen LogP contribution in [0.5, 0.6) is 23.0 Å². The Labute approximate surface area is 735 Å². The number of fused-ring (bicyclic) bond motifs is 8. The third-order valence-electron chi connectivity index (χ3n) is 22.2. The Kier molecular flexibility index (Phi) is 34.2. The first-order valence-corrected chi connectivity index (χ1v) is 47.1. The zero-order chi connectivity index (χ0) is 88.9. The lowest BCUT2D eigenvalue weighted by atomic mass is 9.88. The van der Waals surface area contributed by atoms with Crippen molar-refractivity contribution >= 4 is 81.7 Å². The maximum absolute atomic E-state index is 5.68. The fraction of sp³-hybridized carbons (Fsp3) is 0.545. The maximum atomic E-state index is 5.68. The Balaban J connectivity index is 0.000000157. The van der Waals surface area contributed by atoms with Gasteiger partial charge in [0.25, 0.3) is 0 Å². The van der Waals surface area contributed by atoms with Crippen molar-refractivity contribution in [1.29, 1.82) is 0 Å². The standard InChI is InChI=1S/C15H20S.C15H20.C13H18O2.2C12H18N2O.C12H16N2S.C11H15N3O.C11H15N3S/c1-9(2)12-6-7-13(10(3)4)15-14(12)11(5)8-16-15;1-10(2)12-8-9-13(11(3)4)15-7-5-6-14(12)15;1-8(2)10-5-6-11(9(3)4)13-12(10)14-7-15-13;2*1-7(2)10-9-5-6-15-12(9)11(8(3)4)14-13-10;1-7(2)9-5-13-10(8(3)4)12-11(9)14-6-15-12;2*1-6(2)8-10-11(15-5-12-10)9(7(3)4)14-13-8/h6-10H,1-5H3;5-6,8-11H,7H2,1-4H3;5-6,8-9H,7H2,1-4H3;2*7-8H,5-6H2,1-4H3;5-8H,1-4H3;2*5-7H,1-4H3. The number of nitrogens with zero attached hydrogens (tertiary/aromatic N) is 12. The van der Waals surface area contributed by atoms with Crippen molar-refractivity contribution in [3.8, 4) is 23.0 Å². The summed E-state index contributed by atoms with van der Waals surface area (Å²) in [6.07, 6.45) is 11.1. The molecule has 0 N–H and O–H groups in total. The van der Waals surface area contributed by atoms with E-state index in [2.05, 4.69) is 343 Å². The van der Waals surface area contributed by atoms with Crippen LogP contribution in [-0.2, 0) is 19.3 Å². The minimum Gasteiger partial charge on any atom is -0.491 e. The smallest absolute Gasteiger partial charge is 0.231 e. The highest BCUT2D eigenvalue weighted by Crippen LogP contribution is 2.46. The number of pyridine rings is 1. The summed E-state index contributed by atoms with van der Waals surface area (Å²) in [6, 6.07) is 13.6. The molecular formula is C101H140N12O5S3. The minimum atomic E-state index is 0.300. The molecule has 16 rings (SSSR count). The predicted molar refractivity (Wildman–Crippen MR) is 508 cm³/mol. The third kappa shape index (κ3) is 22.6. The second-order valence-corrected chi connectivity index (χ2v) is 39.9. The summed E-state index contributed by atoms with van der Waals surface area (Å²) in [5.74, 6) is 11.3. The predicted octanol–water partition coefficient (Wildman–Crippen LogP) is 29.1. The number of aryl methyl sites for hydroxylation is 1. The van der Waals surface area contributed by atoms with E-state index in [1.807, 2.05) is 28.6 Å². The highest BCUT2D eigenvalue weighted by Gasteiger charge is 2.30. The molecule has 4 aliphatic rings. The highest BCUT2D eigenvalue weighted by molar-refractivity contribution is 7.18. The number of rotatable bonds is 16. The van der Waals surface area contributed by atoms with Crippen LogP contribution in [0.4, 0.5) is 0 Å². The molecule has 0 atom stereocenters. The molecule has 3 aromatic carbocycles. The molecule has 0 amide bonds. The van der Waals surface area contributed by atoms with E-state index in [0.717, 1.165) is 123 Å². The number of hydrogen-bond acceptors (Lipinski definition) is 20. The Hall–Kier alpha value is -8.72. The summed E-state index contributed by atoms with van der Waals surface area (Å²) in [7, 11) is 0. The van der Waals surface area contributed by atoms with Crippen molar-refractivity contribution in [2.24, 2.45) is 0 Å². The van der Waals surface area contributed by atoms with E-state index in [-0.39, 0.29) is 0 Å². The fourth-order valence-corrected chi connectivity index (χ4v) is 18.7. The number of ether oxygens (including phenoxy) is 4. The molecule has 0 unspecified atom stereocenters. The first-order chi connectivity index (χ1) is 57.3. The van der Waals surface area contributed by atoms with Crippen LogP contribution in [0.2, 0.25) is 0 Å². The van der Waals surface area contributed by atoms with E-state index in [9.17, 15) is 0 Å². The van der Waals surface area contributed by atoms with Crippen LogP contribution in [0, 0.1) is 6.92 Å². The average Bonchev–Trinajstić information content (AvgIpc) is 1.61. The molecule has 0 bridgehead atoms. The van der Waals surface area contributed by atoms with E-state index < -0.39 is 0 Å². The van der Waals surface area contributed by atoms with Crippen molar-refractivity contribution < 1.29 is 23.4 Å². The second-order valence-electron chi connectivity index (χ2n) is 37.3. The van der Waals surface area contributed by atoms with E-state index in [1.54, 1.807) is 28.2 Å². The molecule has 0 saturated carbocycles. The fourth-order valence-electron chi connectivity index (χ4n) is 15.5. The lowest BCUT2D eigenvalue weighted by Crippen LogP contribution is -2.05. The van der Waals surface area contributed by atoms with Gasteiger partial charge < -0.3 is 23.4 Å². The molecule has 9 aromatic heterocycles. The topological polar surface area (TPSA) is 205 Å². The number of thiazole rings is 2. The van der Waals surface area contributed by atoms with Crippen molar-refractivity contribution in [2.75, 3.05) is 20.0 Å². The number of benzene rings is 3. The number of oxazole rings is 1. The summed E-state index contributed by atoms with van der Waals surface area (Å²) in [5, 5.41) is 38.1. The van der Waals surface area contributed by atoms with Gasteiger partial charge in [-0.15, -0.1) is 34.0 Å². The van der Waals surface area contributed by atoms with Crippen molar-refractivity contribution in [1.82, 2.24) is 60.7 Å². The molecule has 0 radical (unpaired) electrons. The van der Waals surface area contributed by atoms with Crippen molar-refractivity contribution in [2.45, 2.75) is 342 Å². The Bertz CT molecular complexity index is 4780. The second kappa shape index (κ2) is 43.1. The van der Waals surface area contributed by atoms with Gasteiger partial charge in [-0.05, 0) is 140 Å². The van der Waals surface area contributed by atoms with Crippen molar-refractivity contribution in [3.05, 3.63) is 189 Å². The van der Waals surface area contributed by atoms with Crippen LogP contribution < -0.4 is 18.9 Å². The van der Waals surface area contributed by atoms with Gasteiger partial charge in [-0.3, -0.25) is 4.98 Å². The van der Waals surface area contributed by atoms with Gasteiger partial charge in [0.1, 0.15) is 39.6 Å². The average molecular weight is 1700 g/mol. The molecule has 12 heterocycles. The van der Waals surface area contributed by atoms with E-state index >= 15 is 0 Å². The summed E-state index contributed by atoms with van der Waals surface area (Å²) in [4.78, 5) is 17.6. The zero-order valence-electron chi connectivity index (χ0n) is 79.1. The quantitative estimate of drug-likeness (QED) is 0.0882. The maximum Gasteiger partial charge on any atom is 0.231 e. The first-order valence-electron chi connectivity index (χ1n) is 44.5. The number of hydrogen-bond donors (Lipinski definition) is 0. The summed E-state index contributed by atoms with van der Waals surface area (Å²) < 4.78 is 31.8. The van der Waals surface area contributed by atoms with Crippen LogP contribution in [0.15, 0.2) is 75.9 Å². The van der Waals surface area contributed by atoms with Gasteiger partial charge >= 0.3 is 0 Å². The SMILES string of the molecule is CC(C)c1ccc(C(C)C)c2c1C=CC2.CC(C)c1ccc(C(C)C)c2c1OCO2.CC(C)c1cnc(C(C)C)c2scnc12.CC(C)c1nnc(C(C)C)c2c1CCO2.CC(C)c1nnc(C(C)C)c2c1CCO2.CC(C)c1nnc(C(C)C)c2ocnc12.CC(C)c1nnc(C(C)C)c2scnc12.Cc1csc2c(C(C)C)ccc(C(C)C)c12. The molecule has 3 aliphatic heterocycles. The number of aromatic nitrogens is 12. The lowest BCUT2D eigenvalue weighted by molar-refractivity contribution is 0.172. The molecule has 20 heteroatoms. The monoisotopic (exact) mass is 1700 g/mol. The van der Waals surface area contributed by atoms with Crippen LogP contribution in [0.1, 0.15) is 434 Å². The molecule has 17 nitrogen and oxygen atoms in total. The first kappa shape index (κ1) is 96.1. The normalized spacial score (nSPS) is 13.1. The Morgan fingerprint density at radius 2 is 0.694 bits per heavy atom. The molecule has 12 aromatic rings. The van der Waals surface area contributed by atoms with Crippen molar-refractivity contribution in [3.63, 3.8) is 0 Å². The molecule has 0 spiro atoms. The zero-order valence-corrected chi connectivity index (χ0v) is 81.6. The highest BCUT2D eigenvalue weighted by atomic mass is 32.1. The van der Waals surface area contributed by atoms with Gasteiger partial charge in [0.15, 0.2) is 23.5 Å². The van der Waals surface area contributed by atoms with Gasteiger partial charge in [0.2, 0.25) is 6.79 Å². The summed E-state index contributed by atoms with van der Waals surface area (Å²) in [5.41, 5.74) is 33.7. The minimum absolute atomic E-state index is 0.300. The molecule has 0 fully saturated rings. The molecule has 1 aliphatic carbocycles. The van der Waals surface area contributed by atoms with E-state index in [1.165, 1.54) is 92.8 Å². The van der Waals surface area contributed by atoms with Crippen LogP contribution >= 0.6 is 34.0 Å². The van der Waals surface area contributed by atoms with Gasteiger partial charge in [0, 0.05) is 69.3 Å². The largest absolute Gasteiger partial charge is 0.491 e. The van der Waals surface area contributed by atoms with Gasteiger partial charge in [-0.1, -0.05) is 270 Å². The Morgan fingerprint density at radius 1 is 0.306 bits per heavy atom. The molecule has 652 valence electrons. The van der Waals surface area contributed by atoms with Gasteiger partial charge in [-0.2, -0.15) is 40.8 Å². The number of thiophene rings is 1. The van der Waals surface area contributed by atoms with Crippen LogP contribution in [0.3, 0.4) is 0 Å². The molecular weight excluding hydrogens is 1560 g/mol. The summed E-state index contributed by atoms with van der Waals surface area (Å²) >= 11 is 5.26. The van der Waals surface area contributed by atoms with Gasteiger partial charge in [0.05, 0.1) is 73.3 Å². The van der Waals surface area contributed by atoms with Gasteiger partial charge in [-0.25, -0.2) is 15.0 Å². The lowest BCUT2D eigenvalue weighted by Gasteiger charge is -2.17.